The average Bonchev–Trinajstić information content (AvgIpc) is 2.88. The number of hydrogen-bond acceptors (Lipinski definition) is 3. The lowest BCUT2D eigenvalue weighted by Crippen LogP contribution is -1.81. The van der Waals surface area contributed by atoms with Gasteiger partial charge in [-0.15, -0.1) is 11.3 Å². The first-order chi connectivity index (χ1) is 9.76. The summed E-state index contributed by atoms with van der Waals surface area (Å²) in [5.74, 6) is 0. The van der Waals surface area contributed by atoms with E-state index < -0.39 is 0 Å². The van der Waals surface area contributed by atoms with Gasteiger partial charge >= 0.3 is 0 Å². The minimum Gasteiger partial charge on any atom is -0.235 e. The predicted molar refractivity (Wildman–Crippen MR) is 84.3 cm³/mol. The number of rotatable bonds is 2. The van der Waals surface area contributed by atoms with Crippen molar-refractivity contribution in [2.75, 3.05) is 0 Å². The summed E-state index contributed by atoms with van der Waals surface area (Å²) in [5.41, 5.74) is 3.76. The quantitative estimate of drug-likeness (QED) is 0.638. The van der Waals surface area contributed by atoms with E-state index in [0.717, 1.165) is 20.8 Å². The molecular weight excluding hydrogens is 264 g/mol. The van der Waals surface area contributed by atoms with Gasteiger partial charge in [0, 0.05) is 0 Å². The summed E-state index contributed by atoms with van der Waals surface area (Å²) in [7, 11) is 0. The van der Waals surface area contributed by atoms with Crippen molar-refractivity contribution in [2.24, 2.45) is 0 Å². The van der Waals surface area contributed by atoms with Gasteiger partial charge in [-0.3, -0.25) is 0 Å². The lowest BCUT2D eigenvalue weighted by Gasteiger charge is -1.97. The van der Waals surface area contributed by atoms with Crippen LogP contribution < -0.4 is 0 Å². The number of nitriles is 1. The van der Waals surface area contributed by atoms with Gasteiger partial charge in [0.2, 0.25) is 0 Å². The topological polar surface area (TPSA) is 36.7 Å². The van der Waals surface area contributed by atoms with Crippen LogP contribution in [-0.4, -0.2) is 4.98 Å². The SMILES string of the molecule is Cc1cccc(C=C(C#N)c2nc3ccccc3s2)c1. The van der Waals surface area contributed by atoms with Crippen molar-refractivity contribution >= 4 is 33.2 Å². The molecular formula is C17H12N2S. The molecule has 3 heteroatoms. The number of hydrogen-bond donors (Lipinski definition) is 0. The molecule has 0 saturated heterocycles. The number of nitrogens with zero attached hydrogens (tertiary/aromatic N) is 2. The summed E-state index contributed by atoms with van der Waals surface area (Å²) >= 11 is 1.55. The molecule has 0 atom stereocenters. The number of aromatic nitrogens is 1. The smallest absolute Gasteiger partial charge is 0.135 e. The van der Waals surface area contributed by atoms with Crippen molar-refractivity contribution in [3.8, 4) is 6.07 Å². The fourth-order valence-electron chi connectivity index (χ4n) is 2.06. The molecule has 0 radical (unpaired) electrons. The Morgan fingerprint density at radius 3 is 2.80 bits per heavy atom. The van der Waals surface area contributed by atoms with E-state index >= 15 is 0 Å². The number of para-hydroxylation sites is 1. The van der Waals surface area contributed by atoms with E-state index in [1.807, 2.05) is 55.5 Å². The first kappa shape index (κ1) is 12.6. The van der Waals surface area contributed by atoms with Gasteiger partial charge < -0.3 is 0 Å². The molecule has 0 aliphatic carbocycles. The second-order valence-electron chi connectivity index (χ2n) is 4.57. The maximum Gasteiger partial charge on any atom is 0.135 e. The molecule has 1 aromatic heterocycles. The van der Waals surface area contributed by atoms with Crippen molar-refractivity contribution in [1.29, 1.82) is 5.26 Å². The lowest BCUT2D eigenvalue weighted by molar-refractivity contribution is 1.43. The molecule has 0 fully saturated rings. The van der Waals surface area contributed by atoms with Crippen LogP contribution in [0.4, 0.5) is 0 Å². The molecule has 3 aromatic rings. The minimum absolute atomic E-state index is 0.608. The highest BCUT2D eigenvalue weighted by molar-refractivity contribution is 7.19. The van der Waals surface area contributed by atoms with E-state index in [1.165, 1.54) is 5.56 Å². The predicted octanol–water partition coefficient (Wildman–Crippen LogP) is 4.67. The highest BCUT2D eigenvalue weighted by atomic mass is 32.1. The molecule has 1 heterocycles. The number of aryl methyl sites for hydroxylation is 1. The molecule has 0 aliphatic rings. The Labute approximate surface area is 121 Å². The van der Waals surface area contributed by atoms with Gasteiger partial charge in [0.05, 0.1) is 15.8 Å². The molecule has 0 N–H and O–H groups in total. The average molecular weight is 276 g/mol. The lowest BCUT2D eigenvalue weighted by atomic mass is 10.1. The Kier molecular flexibility index (Phi) is 3.32. The Morgan fingerprint density at radius 2 is 2.05 bits per heavy atom. The summed E-state index contributed by atoms with van der Waals surface area (Å²) < 4.78 is 1.10. The Morgan fingerprint density at radius 1 is 1.20 bits per heavy atom. The first-order valence-corrected chi connectivity index (χ1v) is 7.12. The summed E-state index contributed by atoms with van der Waals surface area (Å²) in [4.78, 5) is 4.53. The molecule has 0 spiro atoms. The molecule has 0 unspecified atom stereocenters. The standard InChI is InChI=1S/C17H12N2S/c1-12-5-4-6-13(9-12)10-14(11-18)17-19-15-7-2-3-8-16(15)20-17/h2-10H,1H3. The van der Waals surface area contributed by atoms with Gasteiger partial charge in [-0.1, -0.05) is 42.0 Å². The number of fused-ring (bicyclic) bond motifs is 1. The van der Waals surface area contributed by atoms with E-state index in [2.05, 4.69) is 17.1 Å². The molecule has 2 aromatic carbocycles. The van der Waals surface area contributed by atoms with Crippen LogP contribution in [0.25, 0.3) is 21.9 Å². The monoisotopic (exact) mass is 276 g/mol. The van der Waals surface area contributed by atoms with Crippen LogP contribution in [-0.2, 0) is 0 Å². The maximum atomic E-state index is 9.38. The van der Waals surface area contributed by atoms with Crippen LogP contribution in [0, 0.1) is 18.3 Å². The Bertz CT molecular complexity index is 804. The summed E-state index contributed by atoms with van der Waals surface area (Å²) in [6, 6.07) is 18.3. The van der Waals surface area contributed by atoms with Gasteiger partial charge in [0.25, 0.3) is 0 Å². The zero-order valence-electron chi connectivity index (χ0n) is 11.0. The number of benzene rings is 2. The zero-order valence-corrected chi connectivity index (χ0v) is 11.8. The zero-order chi connectivity index (χ0) is 13.9. The summed E-state index contributed by atoms with van der Waals surface area (Å²) in [5, 5.41) is 10.2. The third-order valence-corrected chi connectivity index (χ3v) is 4.07. The molecule has 96 valence electrons. The van der Waals surface area contributed by atoms with E-state index in [4.69, 9.17) is 0 Å². The second kappa shape index (κ2) is 5.28. The molecule has 0 bridgehead atoms. The van der Waals surface area contributed by atoms with Gasteiger partial charge in [0.1, 0.15) is 11.1 Å². The number of thiazole rings is 1. The molecule has 0 amide bonds. The molecule has 0 saturated carbocycles. The first-order valence-electron chi connectivity index (χ1n) is 6.31. The minimum atomic E-state index is 0.608. The van der Waals surface area contributed by atoms with Crippen LogP contribution in [0.3, 0.4) is 0 Å². The van der Waals surface area contributed by atoms with Gasteiger partial charge in [-0.25, -0.2) is 4.98 Å². The van der Waals surface area contributed by atoms with Crippen LogP contribution in [0.15, 0.2) is 48.5 Å². The number of allylic oxidation sites excluding steroid dienone is 1. The fraction of sp³-hybridized carbons (Fsp3) is 0.0588. The third kappa shape index (κ3) is 2.47. The summed E-state index contributed by atoms with van der Waals surface area (Å²) in [6.45, 7) is 2.04. The van der Waals surface area contributed by atoms with Crippen molar-refractivity contribution in [3.63, 3.8) is 0 Å². The molecule has 20 heavy (non-hydrogen) atoms. The van der Waals surface area contributed by atoms with E-state index in [1.54, 1.807) is 11.3 Å². The highest BCUT2D eigenvalue weighted by Gasteiger charge is 2.08. The highest BCUT2D eigenvalue weighted by Crippen LogP contribution is 2.27. The largest absolute Gasteiger partial charge is 0.235 e. The fourth-order valence-corrected chi connectivity index (χ4v) is 2.99. The molecule has 3 rings (SSSR count). The van der Waals surface area contributed by atoms with Gasteiger partial charge in [0.15, 0.2) is 0 Å². The van der Waals surface area contributed by atoms with Crippen molar-refractivity contribution in [3.05, 3.63) is 64.7 Å². The van der Waals surface area contributed by atoms with Crippen LogP contribution in [0.2, 0.25) is 0 Å². The normalized spacial score (nSPS) is 11.5. The summed E-state index contributed by atoms with van der Waals surface area (Å²) in [6.07, 6.45) is 1.89. The Balaban J connectivity index is 2.07. The van der Waals surface area contributed by atoms with Crippen molar-refractivity contribution in [1.82, 2.24) is 4.98 Å². The van der Waals surface area contributed by atoms with E-state index in [9.17, 15) is 5.26 Å². The third-order valence-electron chi connectivity index (χ3n) is 3.00. The Hall–Kier alpha value is -2.44. The van der Waals surface area contributed by atoms with Crippen LogP contribution in [0.1, 0.15) is 16.1 Å². The van der Waals surface area contributed by atoms with Crippen molar-refractivity contribution in [2.45, 2.75) is 6.92 Å². The molecule has 0 aliphatic heterocycles. The second-order valence-corrected chi connectivity index (χ2v) is 5.60. The van der Waals surface area contributed by atoms with Crippen molar-refractivity contribution < 1.29 is 0 Å². The van der Waals surface area contributed by atoms with Gasteiger partial charge in [-0.05, 0) is 30.7 Å². The molecule has 2 nitrogen and oxygen atoms in total. The van der Waals surface area contributed by atoms with E-state index in [0.29, 0.717) is 5.57 Å². The maximum absolute atomic E-state index is 9.38. The van der Waals surface area contributed by atoms with Crippen LogP contribution >= 0.6 is 11.3 Å². The van der Waals surface area contributed by atoms with E-state index in [-0.39, 0.29) is 0 Å². The van der Waals surface area contributed by atoms with Crippen LogP contribution in [0.5, 0.6) is 0 Å². The van der Waals surface area contributed by atoms with Gasteiger partial charge in [-0.2, -0.15) is 5.26 Å².